The second-order valence-corrected chi connectivity index (χ2v) is 5.70. The minimum absolute atomic E-state index is 0.0531. The Labute approximate surface area is 142 Å². The van der Waals surface area contributed by atoms with Crippen LogP contribution < -0.4 is 16.0 Å². The molecule has 0 heterocycles. The van der Waals surface area contributed by atoms with Gasteiger partial charge in [-0.15, -0.1) is 0 Å². The molecule has 3 N–H and O–H groups in total. The highest BCUT2D eigenvalue weighted by atomic mass is 16.2. The second kappa shape index (κ2) is 8.15. The SMILES string of the molecule is CCC(=O)Nc1cc(NC(=O)CNc2ccc(C)cc2)ccc1C. The lowest BCUT2D eigenvalue weighted by Crippen LogP contribution is -2.22. The summed E-state index contributed by atoms with van der Waals surface area (Å²) in [5.41, 5.74) is 4.39. The zero-order valence-electron chi connectivity index (χ0n) is 14.3. The van der Waals surface area contributed by atoms with Crippen LogP contribution in [0, 0.1) is 13.8 Å². The first-order valence-corrected chi connectivity index (χ1v) is 7.99. The number of rotatable bonds is 6. The average Bonchev–Trinajstić information content (AvgIpc) is 2.57. The number of nitrogens with one attached hydrogen (secondary N) is 3. The van der Waals surface area contributed by atoms with Gasteiger partial charge in [-0.25, -0.2) is 0 Å². The van der Waals surface area contributed by atoms with Gasteiger partial charge in [-0.1, -0.05) is 30.7 Å². The Morgan fingerprint density at radius 3 is 2.21 bits per heavy atom. The zero-order valence-corrected chi connectivity index (χ0v) is 14.3. The van der Waals surface area contributed by atoms with Crippen molar-refractivity contribution in [1.29, 1.82) is 0 Å². The summed E-state index contributed by atoms with van der Waals surface area (Å²) in [5.74, 6) is -0.199. The van der Waals surface area contributed by atoms with Crippen molar-refractivity contribution in [3.63, 3.8) is 0 Å². The highest BCUT2D eigenvalue weighted by Crippen LogP contribution is 2.20. The lowest BCUT2D eigenvalue weighted by molar-refractivity contribution is -0.116. The molecule has 2 rings (SSSR count). The Balaban J connectivity index is 1.94. The highest BCUT2D eigenvalue weighted by molar-refractivity contribution is 5.96. The fourth-order valence-electron chi connectivity index (χ4n) is 2.13. The van der Waals surface area contributed by atoms with Crippen molar-refractivity contribution in [2.75, 3.05) is 22.5 Å². The van der Waals surface area contributed by atoms with Crippen molar-refractivity contribution in [2.24, 2.45) is 0 Å². The molecule has 0 fully saturated rings. The molecule has 0 saturated heterocycles. The standard InChI is InChI=1S/C19H23N3O2/c1-4-18(23)22-17-11-16(10-7-14(17)3)21-19(24)12-20-15-8-5-13(2)6-9-15/h5-11,20H,4,12H2,1-3H3,(H,21,24)(H,22,23). The fraction of sp³-hybridized carbons (Fsp3) is 0.263. The van der Waals surface area contributed by atoms with Gasteiger partial charge in [0.25, 0.3) is 0 Å². The molecule has 0 aliphatic carbocycles. The molecule has 24 heavy (non-hydrogen) atoms. The molecule has 2 amide bonds. The summed E-state index contributed by atoms with van der Waals surface area (Å²) in [6.45, 7) is 5.90. The Bertz CT molecular complexity index is 724. The molecule has 2 aromatic rings. The largest absolute Gasteiger partial charge is 0.376 e. The number of hydrogen-bond donors (Lipinski definition) is 3. The van der Waals surface area contributed by atoms with Gasteiger partial charge in [-0.05, 0) is 43.7 Å². The van der Waals surface area contributed by atoms with Crippen LogP contribution >= 0.6 is 0 Å². The van der Waals surface area contributed by atoms with Crippen LogP contribution in [0.4, 0.5) is 17.1 Å². The van der Waals surface area contributed by atoms with Crippen LogP contribution in [0.15, 0.2) is 42.5 Å². The van der Waals surface area contributed by atoms with Gasteiger partial charge in [0.1, 0.15) is 0 Å². The second-order valence-electron chi connectivity index (χ2n) is 5.70. The maximum atomic E-state index is 12.1. The molecule has 0 bridgehead atoms. The molecule has 0 radical (unpaired) electrons. The van der Waals surface area contributed by atoms with Crippen LogP contribution in [0.25, 0.3) is 0 Å². The summed E-state index contributed by atoms with van der Waals surface area (Å²) in [7, 11) is 0. The first-order chi connectivity index (χ1) is 11.5. The molecule has 0 aliphatic rings. The molecule has 126 valence electrons. The average molecular weight is 325 g/mol. The molecule has 0 unspecified atom stereocenters. The molecule has 0 saturated carbocycles. The molecule has 0 spiro atoms. The van der Waals surface area contributed by atoms with Crippen LogP contribution in [0.3, 0.4) is 0 Å². The van der Waals surface area contributed by atoms with E-state index in [1.807, 2.05) is 50.2 Å². The van der Waals surface area contributed by atoms with E-state index < -0.39 is 0 Å². The summed E-state index contributed by atoms with van der Waals surface area (Å²) < 4.78 is 0. The maximum absolute atomic E-state index is 12.1. The molecule has 5 nitrogen and oxygen atoms in total. The van der Waals surface area contributed by atoms with Crippen LogP contribution in [0.5, 0.6) is 0 Å². The van der Waals surface area contributed by atoms with E-state index in [9.17, 15) is 9.59 Å². The van der Waals surface area contributed by atoms with E-state index in [0.29, 0.717) is 17.8 Å². The predicted octanol–water partition coefficient (Wildman–Crippen LogP) is 3.70. The number of aryl methyl sites for hydroxylation is 2. The number of carbonyl (C=O) groups is 2. The smallest absolute Gasteiger partial charge is 0.243 e. The van der Waals surface area contributed by atoms with Crippen LogP contribution in [0.1, 0.15) is 24.5 Å². The number of anilines is 3. The Hall–Kier alpha value is -2.82. The van der Waals surface area contributed by atoms with E-state index in [1.165, 1.54) is 5.56 Å². The maximum Gasteiger partial charge on any atom is 0.243 e. The molecule has 0 aliphatic heterocycles. The molecular formula is C19H23N3O2. The Morgan fingerprint density at radius 1 is 0.875 bits per heavy atom. The third-order valence-corrected chi connectivity index (χ3v) is 3.62. The van der Waals surface area contributed by atoms with E-state index in [-0.39, 0.29) is 18.4 Å². The van der Waals surface area contributed by atoms with E-state index in [0.717, 1.165) is 11.3 Å². The lowest BCUT2D eigenvalue weighted by atomic mass is 10.1. The summed E-state index contributed by atoms with van der Waals surface area (Å²) in [6, 6.07) is 13.3. The molecule has 2 aromatic carbocycles. The van der Waals surface area contributed by atoms with Crippen LogP contribution in [0.2, 0.25) is 0 Å². The van der Waals surface area contributed by atoms with Crippen molar-refractivity contribution in [3.05, 3.63) is 53.6 Å². The molecule has 0 aromatic heterocycles. The van der Waals surface area contributed by atoms with Gasteiger partial charge >= 0.3 is 0 Å². The third-order valence-electron chi connectivity index (χ3n) is 3.62. The van der Waals surface area contributed by atoms with Gasteiger partial charge in [0.15, 0.2) is 0 Å². The first kappa shape index (κ1) is 17.5. The van der Waals surface area contributed by atoms with E-state index in [1.54, 1.807) is 13.0 Å². The van der Waals surface area contributed by atoms with Crippen molar-refractivity contribution in [2.45, 2.75) is 27.2 Å². The van der Waals surface area contributed by atoms with Crippen molar-refractivity contribution < 1.29 is 9.59 Å². The number of carbonyl (C=O) groups excluding carboxylic acids is 2. The summed E-state index contributed by atoms with van der Waals surface area (Å²) >= 11 is 0. The first-order valence-electron chi connectivity index (χ1n) is 7.99. The van der Waals surface area contributed by atoms with Crippen LogP contribution in [-0.2, 0) is 9.59 Å². The normalized spacial score (nSPS) is 10.1. The van der Waals surface area contributed by atoms with Gasteiger partial charge in [0, 0.05) is 23.5 Å². The van der Waals surface area contributed by atoms with Gasteiger partial charge in [0.05, 0.1) is 6.54 Å². The van der Waals surface area contributed by atoms with Crippen molar-refractivity contribution in [1.82, 2.24) is 0 Å². The Morgan fingerprint density at radius 2 is 1.54 bits per heavy atom. The van der Waals surface area contributed by atoms with Crippen LogP contribution in [-0.4, -0.2) is 18.4 Å². The highest BCUT2D eigenvalue weighted by Gasteiger charge is 2.07. The van der Waals surface area contributed by atoms with Crippen molar-refractivity contribution >= 4 is 28.9 Å². The topological polar surface area (TPSA) is 70.2 Å². The number of hydrogen-bond acceptors (Lipinski definition) is 3. The summed E-state index contributed by atoms with van der Waals surface area (Å²) in [6.07, 6.45) is 0.413. The van der Waals surface area contributed by atoms with Gasteiger partial charge in [0.2, 0.25) is 11.8 Å². The molecular weight excluding hydrogens is 302 g/mol. The van der Waals surface area contributed by atoms with Gasteiger partial charge < -0.3 is 16.0 Å². The number of benzene rings is 2. The quantitative estimate of drug-likeness (QED) is 0.758. The third kappa shape index (κ3) is 5.12. The lowest BCUT2D eigenvalue weighted by Gasteiger charge is -2.12. The predicted molar refractivity (Wildman–Crippen MR) is 98.4 cm³/mol. The monoisotopic (exact) mass is 325 g/mol. The fourth-order valence-corrected chi connectivity index (χ4v) is 2.13. The zero-order chi connectivity index (χ0) is 17.5. The minimum Gasteiger partial charge on any atom is -0.376 e. The summed E-state index contributed by atoms with van der Waals surface area (Å²) in [4.78, 5) is 23.6. The Kier molecular flexibility index (Phi) is 5.95. The van der Waals surface area contributed by atoms with E-state index >= 15 is 0 Å². The molecule has 0 atom stereocenters. The molecule has 5 heteroatoms. The van der Waals surface area contributed by atoms with Gasteiger partial charge in [-0.3, -0.25) is 9.59 Å². The van der Waals surface area contributed by atoms with Crippen molar-refractivity contribution in [3.8, 4) is 0 Å². The number of amides is 2. The van der Waals surface area contributed by atoms with E-state index in [2.05, 4.69) is 16.0 Å². The summed E-state index contributed by atoms with van der Waals surface area (Å²) in [5, 5.41) is 8.74. The minimum atomic E-state index is -0.146. The van der Waals surface area contributed by atoms with E-state index in [4.69, 9.17) is 0 Å². The van der Waals surface area contributed by atoms with Gasteiger partial charge in [-0.2, -0.15) is 0 Å².